The summed E-state index contributed by atoms with van der Waals surface area (Å²) in [6.45, 7) is 5.31. The van der Waals surface area contributed by atoms with Crippen LogP contribution in [0, 0.1) is 5.82 Å². The molecule has 1 heterocycles. The molecule has 1 aromatic heterocycles. The van der Waals surface area contributed by atoms with Crippen LogP contribution in [0.5, 0.6) is 0 Å². The van der Waals surface area contributed by atoms with E-state index < -0.39 is 22.8 Å². The fourth-order valence-corrected chi connectivity index (χ4v) is 2.57. The van der Waals surface area contributed by atoms with E-state index >= 15 is 0 Å². The molecule has 1 N–H and O–H groups in total. The zero-order valence-electron chi connectivity index (χ0n) is 13.7. The molecule has 5 nitrogen and oxygen atoms in total. The molecule has 1 fully saturated rings. The summed E-state index contributed by atoms with van der Waals surface area (Å²) >= 11 is 5.85. The predicted octanol–water partition coefficient (Wildman–Crippen LogP) is 3.59. The molecule has 0 aliphatic heterocycles. The van der Waals surface area contributed by atoms with E-state index in [4.69, 9.17) is 16.4 Å². The SMILES string of the molecule is CC(C)(C)ONC(=O)c1cn(C2CC2)c2cc(Cl)c(F)cc2c1=O. The maximum absolute atomic E-state index is 13.8. The van der Waals surface area contributed by atoms with E-state index in [1.807, 2.05) is 4.57 Å². The van der Waals surface area contributed by atoms with Crippen molar-refractivity contribution in [1.29, 1.82) is 0 Å². The smallest absolute Gasteiger partial charge is 0.280 e. The molecule has 128 valence electrons. The van der Waals surface area contributed by atoms with Gasteiger partial charge in [0, 0.05) is 17.6 Å². The van der Waals surface area contributed by atoms with Gasteiger partial charge in [-0.3, -0.25) is 14.4 Å². The van der Waals surface area contributed by atoms with Crippen LogP contribution in [0.15, 0.2) is 23.1 Å². The van der Waals surface area contributed by atoms with Crippen LogP contribution in [0.4, 0.5) is 4.39 Å². The molecule has 0 spiro atoms. The number of nitrogens with one attached hydrogen (secondary N) is 1. The summed E-state index contributed by atoms with van der Waals surface area (Å²) in [4.78, 5) is 30.2. The van der Waals surface area contributed by atoms with Gasteiger partial charge >= 0.3 is 0 Å². The van der Waals surface area contributed by atoms with Crippen molar-refractivity contribution in [2.24, 2.45) is 0 Å². The molecule has 7 heteroatoms. The molecule has 1 aliphatic rings. The van der Waals surface area contributed by atoms with Gasteiger partial charge in [-0.2, -0.15) is 0 Å². The molecule has 2 aromatic rings. The topological polar surface area (TPSA) is 60.3 Å². The Morgan fingerprint density at radius 3 is 2.62 bits per heavy atom. The number of halogens is 2. The number of carbonyl (C=O) groups is 1. The number of rotatable bonds is 3. The van der Waals surface area contributed by atoms with Gasteiger partial charge in [0.1, 0.15) is 11.4 Å². The highest BCUT2D eigenvalue weighted by Crippen LogP contribution is 2.37. The van der Waals surface area contributed by atoms with Crippen LogP contribution in [0.25, 0.3) is 10.9 Å². The maximum Gasteiger partial charge on any atom is 0.280 e. The molecule has 0 unspecified atom stereocenters. The number of pyridine rings is 1. The summed E-state index contributed by atoms with van der Waals surface area (Å²) in [6, 6.07) is 2.70. The van der Waals surface area contributed by atoms with Gasteiger partial charge in [-0.25, -0.2) is 9.87 Å². The molecular formula is C17H18ClFN2O3. The fraction of sp³-hybridized carbons (Fsp3) is 0.412. The van der Waals surface area contributed by atoms with Crippen LogP contribution in [0.1, 0.15) is 50.0 Å². The van der Waals surface area contributed by atoms with Gasteiger partial charge in [0.15, 0.2) is 0 Å². The average Bonchev–Trinajstić information content (AvgIpc) is 3.31. The quantitative estimate of drug-likeness (QED) is 0.859. The minimum Gasteiger partial charge on any atom is -0.343 e. The lowest BCUT2D eigenvalue weighted by Gasteiger charge is -2.19. The maximum atomic E-state index is 13.8. The van der Waals surface area contributed by atoms with E-state index in [0.29, 0.717) is 5.52 Å². The van der Waals surface area contributed by atoms with Crippen molar-refractivity contribution in [3.05, 3.63) is 45.0 Å². The molecule has 0 bridgehead atoms. The summed E-state index contributed by atoms with van der Waals surface area (Å²) in [6.07, 6.45) is 3.37. The van der Waals surface area contributed by atoms with E-state index in [1.54, 1.807) is 20.8 Å². The molecule has 1 saturated carbocycles. The average molecular weight is 353 g/mol. The highest BCUT2D eigenvalue weighted by molar-refractivity contribution is 6.31. The first-order chi connectivity index (χ1) is 11.2. The number of hydrogen-bond donors (Lipinski definition) is 1. The molecule has 24 heavy (non-hydrogen) atoms. The van der Waals surface area contributed by atoms with Gasteiger partial charge < -0.3 is 4.57 Å². The van der Waals surface area contributed by atoms with Crippen LogP contribution in [-0.4, -0.2) is 16.1 Å². The predicted molar refractivity (Wildman–Crippen MR) is 89.8 cm³/mol. The van der Waals surface area contributed by atoms with Crippen molar-refractivity contribution in [3.63, 3.8) is 0 Å². The van der Waals surface area contributed by atoms with E-state index in [-0.39, 0.29) is 22.0 Å². The summed E-state index contributed by atoms with van der Waals surface area (Å²) in [5.74, 6) is -1.34. The summed E-state index contributed by atoms with van der Waals surface area (Å²) < 4.78 is 15.6. The van der Waals surface area contributed by atoms with Gasteiger partial charge in [0.25, 0.3) is 5.91 Å². The molecule has 1 aliphatic carbocycles. The number of amides is 1. The van der Waals surface area contributed by atoms with E-state index in [1.165, 1.54) is 12.3 Å². The standard InChI is InChI=1S/C17H18ClFN2O3/c1-17(2,3)24-20-16(23)11-8-21(9-4-5-9)14-7-12(18)13(19)6-10(14)15(11)22/h6-9H,4-5H2,1-3H3,(H,20,23). The Balaban J connectivity index is 2.12. The fourth-order valence-electron chi connectivity index (χ4n) is 2.42. The first-order valence-electron chi connectivity index (χ1n) is 7.69. The minimum atomic E-state index is -0.688. The lowest BCUT2D eigenvalue weighted by molar-refractivity contribution is -0.0590. The van der Waals surface area contributed by atoms with Crippen molar-refractivity contribution < 1.29 is 14.0 Å². The van der Waals surface area contributed by atoms with Gasteiger partial charge in [-0.15, -0.1) is 0 Å². The van der Waals surface area contributed by atoms with E-state index in [2.05, 4.69) is 5.48 Å². The normalized spacial score (nSPS) is 14.9. The second-order valence-electron chi connectivity index (χ2n) is 6.94. The molecular weight excluding hydrogens is 335 g/mol. The van der Waals surface area contributed by atoms with E-state index in [0.717, 1.165) is 18.9 Å². The largest absolute Gasteiger partial charge is 0.343 e. The number of benzene rings is 1. The molecule has 0 atom stereocenters. The first kappa shape index (κ1) is 16.9. The third-order valence-electron chi connectivity index (χ3n) is 3.71. The monoisotopic (exact) mass is 352 g/mol. The number of hydroxylamine groups is 1. The minimum absolute atomic E-state index is 0.0513. The molecule has 0 saturated heterocycles. The van der Waals surface area contributed by atoms with Crippen molar-refractivity contribution in [1.82, 2.24) is 10.0 Å². The summed E-state index contributed by atoms with van der Waals surface area (Å²) in [5.41, 5.74) is 1.59. The zero-order chi connectivity index (χ0) is 17.6. The molecule has 0 radical (unpaired) electrons. The summed E-state index contributed by atoms with van der Waals surface area (Å²) in [5, 5.41) is 0.0803. The highest BCUT2D eigenvalue weighted by atomic mass is 35.5. The Bertz CT molecular complexity index is 882. The number of aromatic nitrogens is 1. The summed E-state index contributed by atoms with van der Waals surface area (Å²) in [7, 11) is 0. The van der Waals surface area contributed by atoms with Crippen LogP contribution >= 0.6 is 11.6 Å². The molecule has 3 rings (SSSR count). The molecule has 1 aromatic carbocycles. The third kappa shape index (κ3) is 3.30. The Kier molecular flexibility index (Phi) is 4.13. The lowest BCUT2D eigenvalue weighted by Crippen LogP contribution is -2.36. The van der Waals surface area contributed by atoms with Crippen LogP contribution in [0.3, 0.4) is 0 Å². The number of carbonyl (C=O) groups excluding carboxylic acids is 1. The van der Waals surface area contributed by atoms with Crippen molar-refractivity contribution in [3.8, 4) is 0 Å². The number of hydrogen-bond acceptors (Lipinski definition) is 3. The Morgan fingerprint density at radius 2 is 2.04 bits per heavy atom. The zero-order valence-corrected chi connectivity index (χ0v) is 14.4. The lowest BCUT2D eigenvalue weighted by atomic mass is 10.1. The van der Waals surface area contributed by atoms with Crippen molar-refractivity contribution in [2.45, 2.75) is 45.3 Å². The second kappa shape index (κ2) is 5.86. The Labute approximate surface area is 143 Å². The Hall–Kier alpha value is -1.92. The first-order valence-corrected chi connectivity index (χ1v) is 8.07. The van der Waals surface area contributed by atoms with E-state index in [9.17, 15) is 14.0 Å². The van der Waals surface area contributed by atoms with Crippen LogP contribution < -0.4 is 10.9 Å². The van der Waals surface area contributed by atoms with Crippen LogP contribution in [-0.2, 0) is 4.84 Å². The van der Waals surface area contributed by atoms with Crippen molar-refractivity contribution in [2.75, 3.05) is 0 Å². The van der Waals surface area contributed by atoms with Crippen molar-refractivity contribution >= 4 is 28.4 Å². The van der Waals surface area contributed by atoms with Gasteiger partial charge in [0.2, 0.25) is 5.43 Å². The molecule has 1 amide bonds. The van der Waals surface area contributed by atoms with Gasteiger partial charge in [-0.05, 0) is 45.7 Å². The second-order valence-corrected chi connectivity index (χ2v) is 7.35. The Morgan fingerprint density at radius 1 is 1.38 bits per heavy atom. The highest BCUT2D eigenvalue weighted by Gasteiger charge is 2.27. The van der Waals surface area contributed by atoms with Gasteiger partial charge in [0.05, 0.1) is 16.1 Å². The van der Waals surface area contributed by atoms with Gasteiger partial charge in [-0.1, -0.05) is 11.6 Å². The number of nitrogens with zero attached hydrogens (tertiary/aromatic N) is 1. The van der Waals surface area contributed by atoms with Crippen LogP contribution in [0.2, 0.25) is 5.02 Å². The third-order valence-corrected chi connectivity index (χ3v) is 4.00. The number of fused-ring (bicyclic) bond motifs is 1.